The van der Waals surface area contributed by atoms with Crippen molar-refractivity contribution >= 4 is 34.9 Å². The Hall–Kier alpha value is -2.01. The van der Waals surface area contributed by atoms with E-state index >= 15 is 0 Å². The van der Waals surface area contributed by atoms with E-state index < -0.39 is 0 Å². The third-order valence-electron chi connectivity index (χ3n) is 4.00. The van der Waals surface area contributed by atoms with Crippen LogP contribution in [0.1, 0.15) is 11.7 Å². The summed E-state index contributed by atoms with van der Waals surface area (Å²) in [6, 6.07) is 14.8. The van der Waals surface area contributed by atoms with Crippen molar-refractivity contribution in [2.75, 3.05) is 11.4 Å². The predicted molar refractivity (Wildman–Crippen MR) is 91.2 cm³/mol. The van der Waals surface area contributed by atoms with Crippen LogP contribution in [0.3, 0.4) is 0 Å². The first-order valence-corrected chi connectivity index (χ1v) is 7.97. The second-order valence-electron chi connectivity index (χ2n) is 5.41. The summed E-state index contributed by atoms with van der Waals surface area (Å²) < 4.78 is 0. The Bertz CT molecular complexity index is 791. The third kappa shape index (κ3) is 2.39. The van der Waals surface area contributed by atoms with E-state index in [1.165, 1.54) is 0 Å². The van der Waals surface area contributed by atoms with Crippen LogP contribution in [0.4, 0.5) is 10.5 Å². The first-order chi connectivity index (χ1) is 11.1. The molecule has 0 aliphatic carbocycles. The van der Waals surface area contributed by atoms with Crippen molar-refractivity contribution in [2.45, 2.75) is 6.17 Å². The molecule has 2 aliphatic rings. The second kappa shape index (κ2) is 5.57. The Kier molecular flexibility index (Phi) is 3.53. The Morgan fingerprint density at radius 1 is 1.00 bits per heavy atom. The van der Waals surface area contributed by atoms with Crippen molar-refractivity contribution in [3.05, 3.63) is 76.4 Å². The molecule has 4 nitrogen and oxygen atoms in total. The smallest absolute Gasteiger partial charge is 0.271 e. The minimum absolute atomic E-state index is 0.0963. The zero-order chi connectivity index (χ0) is 16.0. The van der Waals surface area contributed by atoms with Crippen molar-refractivity contribution in [2.24, 2.45) is 0 Å². The van der Waals surface area contributed by atoms with Gasteiger partial charge in [-0.2, -0.15) is 5.01 Å². The van der Waals surface area contributed by atoms with Gasteiger partial charge in [-0.05, 0) is 35.9 Å². The average molecular weight is 346 g/mol. The summed E-state index contributed by atoms with van der Waals surface area (Å²) in [6.45, 7) is 0.677. The molecule has 2 aliphatic heterocycles. The number of nitrogens with zero attached hydrogens (tertiary/aromatic N) is 3. The number of benzene rings is 2. The Morgan fingerprint density at radius 3 is 2.52 bits per heavy atom. The van der Waals surface area contributed by atoms with Gasteiger partial charge in [0, 0.05) is 28.5 Å². The van der Waals surface area contributed by atoms with Crippen LogP contribution < -0.4 is 4.90 Å². The van der Waals surface area contributed by atoms with Crippen molar-refractivity contribution < 1.29 is 4.79 Å². The van der Waals surface area contributed by atoms with Gasteiger partial charge < -0.3 is 0 Å². The summed E-state index contributed by atoms with van der Waals surface area (Å²) in [6.07, 6.45) is 3.54. The quantitative estimate of drug-likeness (QED) is 0.790. The first-order valence-electron chi connectivity index (χ1n) is 7.22. The molecule has 0 N–H and O–H groups in total. The summed E-state index contributed by atoms with van der Waals surface area (Å²) in [5, 5.41) is 4.92. The fourth-order valence-electron chi connectivity index (χ4n) is 3.00. The van der Waals surface area contributed by atoms with Crippen molar-refractivity contribution in [3.63, 3.8) is 0 Å². The van der Waals surface area contributed by atoms with Crippen molar-refractivity contribution in [3.8, 4) is 0 Å². The maximum atomic E-state index is 12.8. The van der Waals surface area contributed by atoms with Gasteiger partial charge in [-0.25, -0.2) is 9.80 Å². The van der Waals surface area contributed by atoms with Gasteiger partial charge in [0.25, 0.3) is 0 Å². The summed E-state index contributed by atoms with van der Waals surface area (Å²) >= 11 is 12.1. The molecular weight excluding hydrogens is 333 g/mol. The monoisotopic (exact) mass is 345 g/mol. The zero-order valence-electron chi connectivity index (χ0n) is 12.1. The van der Waals surface area contributed by atoms with E-state index in [2.05, 4.69) is 0 Å². The lowest BCUT2D eigenvalue weighted by atomic mass is 10.1. The highest BCUT2D eigenvalue weighted by molar-refractivity contribution is 6.31. The molecule has 0 aromatic heterocycles. The lowest BCUT2D eigenvalue weighted by Gasteiger charge is -2.28. The van der Waals surface area contributed by atoms with Gasteiger partial charge in [0.2, 0.25) is 0 Å². The van der Waals surface area contributed by atoms with Gasteiger partial charge in [0.15, 0.2) is 0 Å². The lowest BCUT2D eigenvalue weighted by molar-refractivity contribution is 0.0913. The number of rotatable bonds is 2. The molecule has 2 heterocycles. The molecule has 1 unspecified atom stereocenters. The first kappa shape index (κ1) is 14.6. The van der Waals surface area contributed by atoms with E-state index in [1.807, 2.05) is 47.5 Å². The van der Waals surface area contributed by atoms with Gasteiger partial charge in [0.05, 0.1) is 0 Å². The zero-order valence-corrected chi connectivity index (χ0v) is 13.6. The van der Waals surface area contributed by atoms with Gasteiger partial charge >= 0.3 is 6.03 Å². The number of halogens is 2. The van der Waals surface area contributed by atoms with Crippen molar-refractivity contribution in [1.82, 2.24) is 10.0 Å². The molecule has 1 atom stereocenters. The molecule has 4 rings (SSSR count). The van der Waals surface area contributed by atoms with Crippen LogP contribution in [-0.4, -0.2) is 22.6 Å². The maximum Gasteiger partial charge on any atom is 0.344 e. The van der Waals surface area contributed by atoms with Crippen LogP contribution in [-0.2, 0) is 0 Å². The maximum absolute atomic E-state index is 12.8. The van der Waals surface area contributed by atoms with Gasteiger partial charge in [-0.3, -0.25) is 4.90 Å². The van der Waals surface area contributed by atoms with Crippen LogP contribution in [0, 0.1) is 0 Å². The second-order valence-corrected chi connectivity index (χ2v) is 6.28. The number of carbonyl (C=O) groups excluding carboxylic acids is 1. The number of carbonyl (C=O) groups is 1. The topological polar surface area (TPSA) is 26.8 Å². The van der Waals surface area contributed by atoms with Gasteiger partial charge in [-0.1, -0.05) is 47.5 Å². The number of amides is 2. The van der Waals surface area contributed by atoms with E-state index in [9.17, 15) is 4.79 Å². The highest BCUT2D eigenvalue weighted by Gasteiger charge is 2.46. The molecule has 0 spiro atoms. The molecule has 2 aromatic carbocycles. The average Bonchev–Trinajstić information content (AvgIpc) is 3.11. The SMILES string of the molecule is O=C1N(c2cccc(Cl)c2)C(c2ccc(Cl)cc2)N2CC=CN12. The summed E-state index contributed by atoms with van der Waals surface area (Å²) in [4.78, 5) is 14.6. The highest BCUT2D eigenvalue weighted by atomic mass is 35.5. The molecule has 0 bridgehead atoms. The van der Waals surface area contributed by atoms with Crippen LogP contribution in [0.5, 0.6) is 0 Å². The fourth-order valence-corrected chi connectivity index (χ4v) is 3.31. The van der Waals surface area contributed by atoms with Crippen LogP contribution >= 0.6 is 23.2 Å². The molecule has 2 aromatic rings. The normalized spacial score (nSPS) is 20.4. The Labute approximate surface area is 144 Å². The molecule has 116 valence electrons. The van der Waals surface area contributed by atoms with Crippen LogP contribution in [0.25, 0.3) is 0 Å². The van der Waals surface area contributed by atoms with Gasteiger partial charge in [-0.15, -0.1) is 0 Å². The molecule has 0 radical (unpaired) electrons. The summed E-state index contributed by atoms with van der Waals surface area (Å²) in [5.41, 5.74) is 1.76. The van der Waals surface area contributed by atoms with Crippen LogP contribution in [0.2, 0.25) is 10.0 Å². The third-order valence-corrected chi connectivity index (χ3v) is 4.49. The standard InChI is InChI=1S/C17H13Cl2N3O/c18-13-7-5-12(6-8-13)16-20-9-2-10-21(20)17(23)22(16)15-4-1-3-14(19)11-15/h1-8,10-11,16H,9H2. The van der Waals surface area contributed by atoms with E-state index in [4.69, 9.17) is 23.2 Å². The van der Waals surface area contributed by atoms with Crippen LogP contribution in [0.15, 0.2) is 60.8 Å². The van der Waals surface area contributed by atoms with E-state index in [0.29, 0.717) is 16.6 Å². The fraction of sp³-hybridized carbons (Fsp3) is 0.118. The molecule has 2 amide bonds. The van der Waals surface area contributed by atoms with Crippen molar-refractivity contribution in [1.29, 1.82) is 0 Å². The van der Waals surface area contributed by atoms with E-state index in [1.54, 1.807) is 28.2 Å². The largest absolute Gasteiger partial charge is 0.344 e. The molecule has 1 fully saturated rings. The van der Waals surface area contributed by atoms with E-state index in [0.717, 1.165) is 11.3 Å². The molecular formula is C17H13Cl2N3O. The number of hydrogen-bond donors (Lipinski definition) is 0. The lowest BCUT2D eigenvalue weighted by Crippen LogP contribution is -2.32. The number of fused-ring (bicyclic) bond motifs is 1. The highest BCUT2D eigenvalue weighted by Crippen LogP contribution is 2.40. The van der Waals surface area contributed by atoms with Gasteiger partial charge in [0.1, 0.15) is 6.17 Å². The number of hydrazine groups is 1. The minimum atomic E-state index is -0.228. The summed E-state index contributed by atoms with van der Waals surface area (Å²) in [7, 11) is 0. The molecule has 6 heteroatoms. The number of anilines is 1. The number of hydrogen-bond acceptors (Lipinski definition) is 2. The molecule has 0 saturated carbocycles. The Balaban J connectivity index is 1.82. The number of urea groups is 1. The Morgan fingerprint density at radius 2 is 1.78 bits per heavy atom. The predicted octanol–water partition coefficient (Wildman–Crippen LogP) is 4.68. The van der Waals surface area contributed by atoms with E-state index in [-0.39, 0.29) is 12.2 Å². The summed E-state index contributed by atoms with van der Waals surface area (Å²) in [5.74, 6) is 0. The minimum Gasteiger partial charge on any atom is -0.271 e. The molecule has 1 saturated heterocycles. The molecule has 23 heavy (non-hydrogen) atoms.